The molecule has 0 N–H and O–H groups in total. The molecule has 1 aliphatic heterocycles. The molecule has 0 aromatic carbocycles. The maximum atomic E-state index is 4.29. The summed E-state index contributed by atoms with van der Waals surface area (Å²) in [6, 6.07) is 0. The molecule has 0 amide bonds. The fraction of sp³-hybridized carbons (Fsp3) is 0.714. The standard InChI is InChI=1S/C7H12N2/c1-6-4-9-7(2,3)5-8-6/h4H,5H2,1-3H3. The smallest absolute Gasteiger partial charge is 0.0747 e. The molecule has 2 nitrogen and oxygen atoms in total. The van der Waals surface area contributed by atoms with E-state index in [4.69, 9.17) is 0 Å². The van der Waals surface area contributed by atoms with Gasteiger partial charge in [-0.2, -0.15) is 0 Å². The van der Waals surface area contributed by atoms with Gasteiger partial charge in [0.25, 0.3) is 0 Å². The summed E-state index contributed by atoms with van der Waals surface area (Å²) in [6.07, 6.45) is 1.84. The fourth-order valence-corrected chi connectivity index (χ4v) is 0.668. The van der Waals surface area contributed by atoms with E-state index in [1.54, 1.807) is 0 Å². The molecule has 1 heterocycles. The van der Waals surface area contributed by atoms with Gasteiger partial charge >= 0.3 is 0 Å². The molecule has 0 bridgehead atoms. The largest absolute Gasteiger partial charge is 0.286 e. The summed E-state index contributed by atoms with van der Waals surface area (Å²) in [7, 11) is 0. The average Bonchev–Trinajstić information content (AvgIpc) is 1.78. The van der Waals surface area contributed by atoms with Crippen LogP contribution in [-0.2, 0) is 0 Å². The lowest BCUT2D eigenvalue weighted by Crippen LogP contribution is -2.26. The summed E-state index contributed by atoms with van der Waals surface area (Å²) in [5.41, 5.74) is 1.08. The van der Waals surface area contributed by atoms with Crippen molar-refractivity contribution in [3.05, 3.63) is 0 Å². The summed E-state index contributed by atoms with van der Waals surface area (Å²) in [5, 5.41) is 0. The molecule has 0 saturated carbocycles. The van der Waals surface area contributed by atoms with Crippen LogP contribution in [0.1, 0.15) is 20.8 Å². The lowest BCUT2D eigenvalue weighted by Gasteiger charge is -2.19. The SMILES string of the molecule is CC1=NCC(C)(C)N=C1. The molecule has 0 spiro atoms. The summed E-state index contributed by atoms with van der Waals surface area (Å²) in [6.45, 7) is 6.97. The van der Waals surface area contributed by atoms with Crippen molar-refractivity contribution in [1.82, 2.24) is 0 Å². The first-order valence-corrected chi connectivity index (χ1v) is 3.16. The third-order valence-electron chi connectivity index (χ3n) is 1.32. The van der Waals surface area contributed by atoms with Gasteiger partial charge in [0.1, 0.15) is 0 Å². The van der Waals surface area contributed by atoms with Crippen molar-refractivity contribution in [2.45, 2.75) is 26.3 Å². The highest BCUT2D eigenvalue weighted by molar-refractivity contribution is 6.29. The van der Waals surface area contributed by atoms with Gasteiger partial charge in [0.15, 0.2) is 0 Å². The Labute approximate surface area is 55.7 Å². The van der Waals surface area contributed by atoms with Crippen LogP contribution < -0.4 is 0 Å². The Morgan fingerprint density at radius 2 is 2.22 bits per heavy atom. The highest BCUT2D eigenvalue weighted by Crippen LogP contribution is 2.11. The first-order chi connectivity index (χ1) is 4.10. The maximum absolute atomic E-state index is 4.29. The molecule has 1 aliphatic rings. The van der Waals surface area contributed by atoms with Crippen molar-refractivity contribution < 1.29 is 0 Å². The third-order valence-corrected chi connectivity index (χ3v) is 1.32. The molecule has 0 saturated heterocycles. The lowest BCUT2D eigenvalue weighted by atomic mass is 10.1. The third kappa shape index (κ3) is 1.63. The van der Waals surface area contributed by atoms with Crippen LogP contribution in [0.4, 0.5) is 0 Å². The molecule has 0 atom stereocenters. The van der Waals surface area contributed by atoms with Gasteiger partial charge in [-0.3, -0.25) is 9.98 Å². The van der Waals surface area contributed by atoms with Gasteiger partial charge in [-0.05, 0) is 20.8 Å². The predicted molar refractivity (Wildman–Crippen MR) is 40.5 cm³/mol. The molecule has 9 heavy (non-hydrogen) atoms. The van der Waals surface area contributed by atoms with E-state index in [1.165, 1.54) is 0 Å². The zero-order chi connectivity index (χ0) is 6.91. The molecule has 50 valence electrons. The van der Waals surface area contributed by atoms with E-state index in [1.807, 2.05) is 13.1 Å². The summed E-state index contributed by atoms with van der Waals surface area (Å²) in [5.74, 6) is 0. The van der Waals surface area contributed by atoms with Crippen molar-refractivity contribution >= 4 is 11.9 Å². The topological polar surface area (TPSA) is 24.7 Å². The Bertz CT molecular complexity index is 166. The van der Waals surface area contributed by atoms with E-state index in [9.17, 15) is 0 Å². The Kier molecular flexibility index (Phi) is 1.39. The minimum atomic E-state index is 0.0412. The van der Waals surface area contributed by atoms with Crippen LogP contribution in [-0.4, -0.2) is 24.0 Å². The second kappa shape index (κ2) is 1.94. The number of aliphatic imine (C=N–C) groups is 2. The van der Waals surface area contributed by atoms with Crippen LogP contribution in [0.2, 0.25) is 0 Å². The molecule has 0 aromatic rings. The number of hydrogen-bond acceptors (Lipinski definition) is 2. The van der Waals surface area contributed by atoms with E-state index in [0.717, 1.165) is 12.3 Å². The molecule has 0 aromatic heterocycles. The van der Waals surface area contributed by atoms with E-state index in [-0.39, 0.29) is 5.54 Å². The molecule has 1 rings (SSSR count). The highest BCUT2D eigenvalue weighted by atomic mass is 14.9. The minimum absolute atomic E-state index is 0.0412. The average molecular weight is 124 g/mol. The minimum Gasteiger partial charge on any atom is -0.286 e. The van der Waals surface area contributed by atoms with Crippen molar-refractivity contribution in [1.29, 1.82) is 0 Å². The monoisotopic (exact) mass is 124 g/mol. The Morgan fingerprint density at radius 3 is 2.56 bits per heavy atom. The second-order valence-corrected chi connectivity index (χ2v) is 3.03. The van der Waals surface area contributed by atoms with E-state index in [0.29, 0.717) is 0 Å². The van der Waals surface area contributed by atoms with Gasteiger partial charge in [0, 0.05) is 11.9 Å². The van der Waals surface area contributed by atoms with Crippen LogP contribution in [0.3, 0.4) is 0 Å². The highest BCUT2D eigenvalue weighted by Gasteiger charge is 2.16. The maximum Gasteiger partial charge on any atom is 0.0747 e. The van der Waals surface area contributed by atoms with Crippen molar-refractivity contribution in [3.63, 3.8) is 0 Å². The molecule has 2 heteroatoms. The Morgan fingerprint density at radius 1 is 1.56 bits per heavy atom. The van der Waals surface area contributed by atoms with E-state index < -0.39 is 0 Å². The van der Waals surface area contributed by atoms with Gasteiger partial charge < -0.3 is 0 Å². The summed E-state index contributed by atoms with van der Waals surface area (Å²) < 4.78 is 0. The Balaban J connectivity index is 2.70. The number of nitrogens with zero attached hydrogens (tertiary/aromatic N) is 2. The van der Waals surface area contributed by atoms with E-state index >= 15 is 0 Å². The van der Waals surface area contributed by atoms with Crippen LogP contribution in [0, 0.1) is 0 Å². The first-order valence-electron chi connectivity index (χ1n) is 3.16. The lowest BCUT2D eigenvalue weighted by molar-refractivity contribution is 0.536. The molecular weight excluding hydrogens is 112 g/mol. The molecule has 0 unspecified atom stereocenters. The van der Waals surface area contributed by atoms with Crippen LogP contribution >= 0.6 is 0 Å². The molecular formula is C7H12N2. The van der Waals surface area contributed by atoms with E-state index in [2.05, 4.69) is 23.8 Å². The number of rotatable bonds is 0. The number of hydrogen-bond donors (Lipinski definition) is 0. The molecule has 0 fully saturated rings. The Hall–Kier alpha value is -0.660. The zero-order valence-corrected chi connectivity index (χ0v) is 6.18. The normalized spacial score (nSPS) is 23.7. The van der Waals surface area contributed by atoms with Crippen LogP contribution in [0.15, 0.2) is 9.98 Å². The van der Waals surface area contributed by atoms with Gasteiger partial charge in [0.2, 0.25) is 0 Å². The van der Waals surface area contributed by atoms with Crippen LogP contribution in [0.25, 0.3) is 0 Å². The quantitative estimate of drug-likeness (QED) is 0.465. The molecule has 0 aliphatic carbocycles. The molecule has 0 radical (unpaired) electrons. The van der Waals surface area contributed by atoms with Crippen molar-refractivity contribution in [2.75, 3.05) is 6.54 Å². The summed E-state index contributed by atoms with van der Waals surface area (Å²) in [4.78, 5) is 8.54. The summed E-state index contributed by atoms with van der Waals surface area (Å²) >= 11 is 0. The van der Waals surface area contributed by atoms with Crippen molar-refractivity contribution in [2.24, 2.45) is 9.98 Å². The predicted octanol–water partition coefficient (Wildman–Crippen LogP) is 1.31. The zero-order valence-electron chi connectivity index (χ0n) is 6.18. The van der Waals surface area contributed by atoms with Crippen LogP contribution in [0.5, 0.6) is 0 Å². The fourth-order valence-electron chi connectivity index (χ4n) is 0.668. The van der Waals surface area contributed by atoms with Gasteiger partial charge in [-0.25, -0.2) is 0 Å². The van der Waals surface area contributed by atoms with Gasteiger partial charge in [-0.1, -0.05) is 0 Å². The second-order valence-electron chi connectivity index (χ2n) is 3.03. The first kappa shape index (κ1) is 6.46. The van der Waals surface area contributed by atoms with Crippen molar-refractivity contribution in [3.8, 4) is 0 Å². The van der Waals surface area contributed by atoms with Gasteiger partial charge in [0.05, 0.1) is 12.1 Å². The van der Waals surface area contributed by atoms with Gasteiger partial charge in [-0.15, -0.1) is 0 Å².